The second kappa shape index (κ2) is 11.2. The Bertz CT molecular complexity index is 1820. The van der Waals surface area contributed by atoms with Crippen LogP contribution in [0.2, 0.25) is 0 Å². The molecule has 0 saturated heterocycles. The zero-order valence-electron chi connectivity index (χ0n) is 26.2. The number of anilines is 2. The fourth-order valence-corrected chi connectivity index (χ4v) is 6.26. The number of nitrogens with zero attached hydrogens (tertiary/aromatic N) is 10. The fraction of sp³-hybridized carbons (Fsp3) is 0.333. The van der Waals surface area contributed by atoms with Gasteiger partial charge in [0.2, 0.25) is 21.7 Å². The molecule has 10 heteroatoms. The van der Waals surface area contributed by atoms with E-state index in [1.54, 1.807) is 48.5 Å². The summed E-state index contributed by atoms with van der Waals surface area (Å²) in [5, 5.41) is 84.0. The van der Waals surface area contributed by atoms with Gasteiger partial charge in [0.05, 0.1) is 48.6 Å². The summed E-state index contributed by atoms with van der Waals surface area (Å²) in [5.74, 6) is 0. The highest BCUT2D eigenvalue weighted by Gasteiger charge is 2.77. The molecule has 0 aliphatic heterocycles. The molecule has 0 radical (unpaired) electrons. The van der Waals surface area contributed by atoms with E-state index in [0.717, 1.165) is 11.4 Å². The molecular formula is C36H28N10. The lowest BCUT2D eigenvalue weighted by atomic mass is 9.37. The second-order valence-corrected chi connectivity index (χ2v) is 11.9. The Morgan fingerprint density at radius 2 is 0.630 bits per heavy atom. The summed E-state index contributed by atoms with van der Waals surface area (Å²) in [6, 6.07) is 28.9. The molecule has 2 aliphatic carbocycles. The van der Waals surface area contributed by atoms with Crippen LogP contribution in [0.15, 0.2) is 59.7 Å². The Morgan fingerprint density at radius 1 is 0.413 bits per heavy atom. The van der Waals surface area contributed by atoms with Gasteiger partial charge in [0.15, 0.2) is 0 Å². The van der Waals surface area contributed by atoms with Gasteiger partial charge < -0.3 is 9.80 Å². The van der Waals surface area contributed by atoms with Crippen molar-refractivity contribution in [3.8, 4) is 48.6 Å². The van der Waals surface area contributed by atoms with Crippen molar-refractivity contribution in [2.24, 2.45) is 21.7 Å². The van der Waals surface area contributed by atoms with Crippen molar-refractivity contribution < 1.29 is 0 Å². The van der Waals surface area contributed by atoms with Crippen LogP contribution < -0.4 is 9.80 Å². The molecule has 4 rings (SSSR count). The number of hydrogen-bond acceptors (Lipinski definition) is 10. The van der Waals surface area contributed by atoms with E-state index in [9.17, 15) is 42.1 Å². The third kappa shape index (κ3) is 3.73. The van der Waals surface area contributed by atoms with E-state index in [0.29, 0.717) is 11.1 Å². The minimum Gasteiger partial charge on any atom is -0.372 e. The SMILES string of the molecule is CC(C)N(C)c1ccc(C2=C(C3=C(c4ccc(N(C)C(C)C)cc4)C(C#N)(C#N)C3(C#N)C#N)C(C#N)(C#N)C2(C#N)C#N)cc1. The highest BCUT2D eigenvalue weighted by Crippen LogP contribution is 2.74. The standard InChI is InChI=1S/C36H28N10/c1-23(2)45(5)27-11-7-25(8-12-27)29-31(35(19-41,20-42)33(29,15-37)16-38)32-30(34(17-39,18-40)36(32,21-43)22-44)26-9-13-28(14-10-26)46(6)24(3)4/h7-14,23-24H,1-6H3. The lowest BCUT2D eigenvalue weighted by Crippen LogP contribution is -2.58. The molecule has 0 amide bonds. The molecule has 0 heterocycles. The minimum atomic E-state index is -2.45. The summed E-state index contributed by atoms with van der Waals surface area (Å²) in [7, 11) is 3.79. The first kappa shape index (κ1) is 32.4. The molecule has 0 unspecified atom stereocenters. The van der Waals surface area contributed by atoms with Crippen LogP contribution >= 0.6 is 0 Å². The Labute approximate surface area is 269 Å². The van der Waals surface area contributed by atoms with E-state index >= 15 is 0 Å². The minimum absolute atomic E-state index is 0.0256. The van der Waals surface area contributed by atoms with Gasteiger partial charge in [-0.3, -0.25) is 0 Å². The van der Waals surface area contributed by atoms with E-state index in [1.807, 2.05) is 100 Å². The Kier molecular flexibility index (Phi) is 7.86. The number of nitriles is 8. The molecule has 222 valence electrons. The number of benzene rings is 2. The van der Waals surface area contributed by atoms with Crippen molar-refractivity contribution in [3.63, 3.8) is 0 Å². The Hall–Kier alpha value is -6.56. The van der Waals surface area contributed by atoms with Gasteiger partial charge >= 0.3 is 0 Å². The summed E-state index contributed by atoms with van der Waals surface area (Å²) in [4.78, 5) is 3.99. The van der Waals surface area contributed by atoms with E-state index in [-0.39, 0.29) is 34.4 Å². The quantitative estimate of drug-likeness (QED) is 0.377. The maximum absolute atomic E-state index is 10.5. The van der Waals surface area contributed by atoms with Gasteiger partial charge in [0.25, 0.3) is 0 Å². The molecule has 0 saturated carbocycles. The average Bonchev–Trinajstić information content (AvgIpc) is 3.07. The summed E-state index contributed by atoms with van der Waals surface area (Å²) in [5.41, 5.74) is -7.68. The maximum atomic E-state index is 10.5. The topological polar surface area (TPSA) is 197 Å². The molecule has 2 aromatic rings. The zero-order chi connectivity index (χ0) is 34.2. The molecule has 2 aromatic carbocycles. The second-order valence-electron chi connectivity index (χ2n) is 11.9. The average molecular weight is 601 g/mol. The molecule has 0 N–H and O–H groups in total. The first-order valence-electron chi connectivity index (χ1n) is 14.3. The third-order valence-corrected chi connectivity index (χ3v) is 9.39. The highest BCUT2D eigenvalue weighted by atomic mass is 15.1. The smallest absolute Gasteiger partial charge is 0.205 e. The van der Waals surface area contributed by atoms with Crippen molar-refractivity contribution in [1.82, 2.24) is 0 Å². The van der Waals surface area contributed by atoms with Gasteiger partial charge in [-0.15, -0.1) is 0 Å². The molecular weight excluding hydrogens is 572 g/mol. The lowest BCUT2D eigenvalue weighted by Gasteiger charge is -2.54. The van der Waals surface area contributed by atoms with Crippen LogP contribution in [0.5, 0.6) is 0 Å². The predicted octanol–water partition coefficient (Wildman–Crippen LogP) is 5.74. The molecule has 46 heavy (non-hydrogen) atoms. The van der Waals surface area contributed by atoms with Gasteiger partial charge in [0.1, 0.15) is 0 Å². The third-order valence-electron chi connectivity index (χ3n) is 9.39. The van der Waals surface area contributed by atoms with E-state index in [1.165, 1.54) is 0 Å². The fourth-order valence-electron chi connectivity index (χ4n) is 6.26. The van der Waals surface area contributed by atoms with Gasteiger partial charge in [-0.2, -0.15) is 42.1 Å². The van der Waals surface area contributed by atoms with Gasteiger partial charge in [-0.25, -0.2) is 0 Å². The van der Waals surface area contributed by atoms with Crippen molar-refractivity contribution in [2.45, 2.75) is 39.8 Å². The molecule has 10 nitrogen and oxygen atoms in total. The van der Waals surface area contributed by atoms with Crippen LogP contribution in [0.4, 0.5) is 11.4 Å². The van der Waals surface area contributed by atoms with E-state index in [4.69, 9.17) is 0 Å². The number of allylic oxidation sites excluding steroid dienone is 4. The normalized spacial score (nSPS) is 17.7. The summed E-state index contributed by atoms with van der Waals surface area (Å²) < 4.78 is 0. The first-order valence-corrected chi connectivity index (χ1v) is 14.3. The van der Waals surface area contributed by atoms with Crippen molar-refractivity contribution in [3.05, 3.63) is 70.8 Å². The molecule has 0 aromatic heterocycles. The summed E-state index contributed by atoms with van der Waals surface area (Å²) in [6.07, 6.45) is 0. The zero-order valence-corrected chi connectivity index (χ0v) is 26.2. The van der Waals surface area contributed by atoms with Crippen LogP contribution in [0.1, 0.15) is 38.8 Å². The Morgan fingerprint density at radius 3 is 0.826 bits per heavy atom. The Balaban J connectivity index is 2.22. The van der Waals surface area contributed by atoms with Gasteiger partial charge in [-0.1, -0.05) is 24.3 Å². The summed E-state index contributed by atoms with van der Waals surface area (Å²) in [6.45, 7) is 8.01. The van der Waals surface area contributed by atoms with Crippen LogP contribution in [0, 0.1) is 112 Å². The molecule has 0 atom stereocenters. The number of hydrogen-bond donors (Lipinski definition) is 0. The predicted molar refractivity (Wildman–Crippen MR) is 168 cm³/mol. The number of rotatable bonds is 7. The van der Waals surface area contributed by atoms with Crippen LogP contribution in [0.25, 0.3) is 11.1 Å². The summed E-state index contributed by atoms with van der Waals surface area (Å²) >= 11 is 0. The van der Waals surface area contributed by atoms with Crippen LogP contribution in [-0.4, -0.2) is 26.2 Å². The lowest BCUT2D eigenvalue weighted by molar-refractivity contribution is 0.337. The highest BCUT2D eigenvalue weighted by molar-refractivity contribution is 6.03. The van der Waals surface area contributed by atoms with Crippen molar-refractivity contribution in [2.75, 3.05) is 23.9 Å². The van der Waals surface area contributed by atoms with Crippen molar-refractivity contribution >= 4 is 22.5 Å². The maximum Gasteiger partial charge on any atom is 0.205 e. The van der Waals surface area contributed by atoms with Gasteiger partial charge in [-0.05, 0) is 63.1 Å². The molecule has 0 fully saturated rings. The van der Waals surface area contributed by atoms with E-state index in [2.05, 4.69) is 0 Å². The first-order chi connectivity index (χ1) is 21.9. The monoisotopic (exact) mass is 600 g/mol. The molecule has 2 aliphatic rings. The molecule has 0 spiro atoms. The largest absolute Gasteiger partial charge is 0.372 e. The van der Waals surface area contributed by atoms with Crippen LogP contribution in [0.3, 0.4) is 0 Å². The molecule has 0 bridgehead atoms. The van der Waals surface area contributed by atoms with Crippen molar-refractivity contribution in [1.29, 1.82) is 42.1 Å². The van der Waals surface area contributed by atoms with Gasteiger partial charge in [0, 0.05) is 59.8 Å². The van der Waals surface area contributed by atoms with Crippen LogP contribution in [-0.2, 0) is 0 Å². The van der Waals surface area contributed by atoms with E-state index < -0.39 is 21.7 Å².